The van der Waals surface area contributed by atoms with Gasteiger partial charge in [-0.15, -0.1) is 24.0 Å². The number of ether oxygens (including phenoxy) is 2. The fourth-order valence-corrected chi connectivity index (χ4v) is 3.17. The Morgan fingerprint density at radius 3 is 2.59 bits per heavy atom. The van der Waals surface area contributed by atoms with Crippen molar-refractivity contribution in [1.29, 1.82) is 0 Å². The molecule has 1 aromatic carbocycles. The van der Waals surface area contributed by atoms with Gasteiger partial charge in [0, 0.05) is 43.4 Å². The molecule has 0 atom stereocenters. The van der Waals surface area contributed by atoms with Crippen LogP contribution in [0.1, 0.15) is 31.4 Å². The van der Waals surface area contributed by atoms with Crippen molar-refractivity contribution in [1.82, 2.24) is 15.6 Å². The molecule has 0 aliphatic heterocycles. The molecule has 150 valence electrons. The first-order chi connectivity index (χ1) is 12.7. The predicted octanol–water partition coefficient (Wildman–Crippen LogP) is 3.70. The molecular weight excluding hydrogens is 455 g/mol. The van der Waals surface area contributed by atoms with Gasteiger partial charge in [0.15, 0.2) is 5.96 Å². The van der Waals surface area contributed by atoms with Gasteiger partial charge in [0.25, 0.3) is 0 Å². The number of nitrogens with one attached hydrogen (secondary N) is 3. The van der Waals surface area contributed by atoms with Gasteiger partial charge in [-0.3, -0.25) is 4.99 Å². The van der Waals surface area contributed by atoms with E-state index in [0.717, 1.165) is 60.2 Å². The lowest BCUT2D eigenvalue weighted by Gasteiger charge is -2.11. The van der Waals surface area contributed by atoms with Crippen molar-refractivity contribution < 1.29 is 9.47 Å². The van der Waals surface area contributed by atoms with E-state index in [1.165, 1.54) is 25.0 Å². The van der Waals surface area contributed by atoms with Crippen molar-refractivity contribution in [3.05, 3.63) is 23.9 Å². The summed E-state index contributed by atoms with van der Waals surface area (Å²) in [5, 5.41) is 7.87. The molecule has 1 aliphatic rings. The molecule has 1 fully saturated rings. The van der Waals surface area contributed by atoms with Crippen LogP contribution in [0.5, 0.6) is 11.5 Å². The van der Waals surface area contributed by atoms with Crippen molar-refractivity contribution in [3.8, 4) is 11.5 Å². The van der Waals surface area contributed by atoms with Gasteiger partial charge in [-0.2, -0.15) is 0 Å². The number of nitrogens with zero attached hydrogens (tertiary/aromatic N) is 1. The predicted molar refractivity (Wildman–Crippen MR) is 122 cm³/mol. The minimum absolute atomic E-state index is 0. The Morgan fingerprint density at radius 1 is 1.15 bits per heavy atom. The number of aryl methyl sites for hydroxylation is 1. The van der Waals surface area contributed by atoms with Crippen molar-refractivity contribution >= 4 is 40.8 Å². The Kier molecular flexibility index (Phi) is 8.53. The maximum Gasteiger partial charge on any atom is 0.190 e. The Bertz CT molecular complexity index is 756. The maximum atomic E-state index is 5.48. The molecule has 0 saturated heterocycles. The minimum Gasteiger partial charge on any atom is -0.497 e. The molecule has 6 nitrogen and oxygen atoms in total. The molecule has 1 aliphatic carbocycles. The molecule has 1 heterocycles. The Hall–Kier alpha value is -1.64. The largest absolute Gasteiger partial charge is 0.497 e. The summed E-state index contributed by atoms with van der Waals surface area (Å²) < 4.78 is 10.8. The van der Waals surface area contributed by atoms with Crippen LogP contribution in [0, 0.1) is 5.92 Å². The quantitative estimate of drug-likeness (QED) is 0.219. The highest BCUT2D eigenvalue weighted by Gasteiger charge is 2.20. The van der Waals surface area contributed by atoms with E-state index >= 15 is 0 Å². The number of aliphatic imine (C=N–C) groups is 1. The number of H-pyrrole nitrogens is 1. The number of rotatable bonds is 9. The highest BCUT2D eigenvalue weighted by molar-refractivity contribution is 14.0. The van der Waals surface area contributed by atoms with E-state index in [4.69, 9.17) is 9.47 Å². The van der Waals surface area contributed by atoms with Crippen molar-refractivity contribution in [2.24, 2.45) is 10.9 Å². The van der Waals surface area contributed by atoms with E-state index in [1.807, 2.05) is 19.2 Å². The molecule has 0 radical (unpaired) electrons. The second-order valence-corrected chi connectivity index (χ2v) is 6.85. The smallest absolute Gasteiger partial charge is 0.190 e. The number of hydrogen-bond donors (Lipinski definition) is 3. The zero-order chi connectivity index (χ0) is 18.4. The monoisotopic (exact) mass is 486 g/mol. The summed E-state index contributed by atoms with van der Waals surface area (Å²) in [5.74, 6) is 3.47. The van der Waals surface area contributed by atoms with E-state index in [9.17, 15) is 0 Å². The van der Waals surface area contributed by atoms with Gasteiger partial charge in [-0.1, -0.05) is 12.8 Å². The highest BCUT2D eigenvalue weighted by Crippen LogP contribution is 2.32. The van der Waals surface area contributed by atoms with Gasteiger partial charge in [0.2, 0.25) is 0 Å². The lowest BCUT2D eigenvalue weighted by molar-refractivity contribution is 0.398. The summed E-state index contributed by atoms with van der Waals surface area (Å²) in [7, 11) is 5.18. The summed E-state index contributed by atoms with van der Waals surface area (Å²) >= 11 is 0. The third-order valence-corrected chi connectivity index (χ3v) is 4.87. The number of methoxy groups -OCH3 is 2. The highest BCUT2D eigenvalue weighted by atomic mass is 127. The Balaban J connectivity index is 0.00000261. The summed E-state index contributed by atoms with van der Waals surface area (Å²) in [4.78, 5) is 7.75. The fourth-order valence-electron chi connectivity index (χ4n) is 3.17. The summed E-state index contributed by atoms with van der Waals surface area (Å²) in [5.41, 5.74) is 2.24. The first-order valence-corrected chi connectivity index (χ1v) is 9.41. The number of aromatic nitrogens is 1. The lowest BCUT2D eigenvalue weighted by atomic mass is 10.2. The van der Waals surface area contributed by atoms with Crippen LogP contribution >= 0.6 is 24.0 Å². The van der Waals surface area contributed by atoms with E-state index in [2.05, 4.69) is 26.7 Å². The van der Waals surface area contributed by atoms with Crippen LogP contribution in [0.4, 0.5) is 0 Å². The Labute approximate surface area is 178 Å². The number of benzene rings is 1. The minimum atomic E-state index is 0. The molecule has 1 saturated carbocycles. The molecule has 0 amide bonds. The molecule has 0 unspecified atom stereocenters. The second-order valence-electron chi connectivity index (χ2n) is 6.85. The van der Waals surface area contributed by atoms with Crippen LogP contribution in [-0.4, -0.2) is 45.3 Å². The second kappa shape index (κ2) is 10.6. The first kappa shape index (κ1) is 21.7. The van der Waals surface area contributed by atoms with Gasteiger partial charge in [-0.05, 0) is 31.2 Å². The third-order valence-electron chi connectivity index (χ3n) is 4.87. The average molecular weight is 486 g/mol. The summed E-state index contributed by atoms with van der Waals surface area (Å²) in [6.45, 7) is 1.90. The van der Waals surface area contributed by atoms with Crippen molar-refractivity contribution in [2.75, 3.05) is 34.4 Å². The average Bonchev–Trinajstić information content (AvgIpc) is 3.39. The standard InChI is InChI=1S/C20H30N4O2.HI/c1-21-20(23-10-8-14-6-7-14)22-9-4-5-15-11-17-18(24-15)12-16(25-2)13-19(17)26-3;/h11-14,24H,4-10H2,1-3H3,(H2,21,22,23);1H. The number of guanidine groups is 1. The number of hydrogen-bond acceptors (Lipinski definition) is 3. The van der Waals surface area contributed by atoms with Crippen molar-refractivity contribution in [2.45, 2.75) is 32.1 Å². The molecule has 2 aromatic rings. The topological polar surface area (TPSA) is 70.7 Å². The zero-order valence-corrected chi connectivity index (χ0v) is 18.8. The van der Waals surface area contributed by atoms with Crippen LogP contribution in [0.3, 0.4) is 0 Å². The summed E-state index contributed by atoms with van der Waals surface area (Å²) in [6, 6.07) is 6.08. The lowest BCUT2D eigenvalue weighted by Crippen LogP contribution is -2.38. The summed E-state index contributed by atoms with van der Waals surface area (Å²) in [6.07, 6.45) is 6.03. The SMILES string of the molecule is CN=C(NCCCc1cc2c(OC)cc(OC)cc2[nH]1)NCCC1CC1.I. The normalized spacial score (nSPS) is 14.0. The van der Waals surface area contributed by atoms with Gasteiger partial charge < -0.3 is 25.1 Å². The van der Waals surface area contributed by atoms with Crippen molar-refractivity contribution in [3.63, 3.8) is 0 Å². The zero-order valence-electron chi connectivity index (χ0n) is 16.4. The van der Waals surface area contributed by atoms with E-state index in [0.29, 0.717) is 0 Å². The maximum absolute atomic E-state index is 5.48. The number of fused-ring (bicyclic) bond motifs is 1. The van der Waals surface area contributed by atoms with Crippen LogP contribution in [-0.2, 0) is 6.42 Å². The van der Waals surface area contributed by atoms with Gasteiger partial charge >= 0.3 is 0 Å². The van der Waals surface area contributed by atoms with Crippen LogP contribution in [0.25, 0.3) is 10.9 Å². The fraction of sp³-hybridized carbons (Fsp3) is 0.550. The van der Waals surface area contributed by atoms with E-state index in [1.54, 1.807) is 14.2 Å². The molecular formula is C20H31IN4O2. The Morgan fingerprint density at radius 2 is 1.93 bits per heavy atom. The first-order valence-electron chi connectivity index (χ1n) is 9.41. The van der Waals surface area contributed by atoms with Crippen LogP contribution < -0.4 is 20.1 Å². The van der Waals surface area contributed by atoms with Gasteiger partial charge in [-0.25, -0.2) is 0 Å². The van der Waals surface area contributed by atoms with Crippen LogP contribution in [0.15, 0.2) is 23.2 Å². The van der Waals surface area contributed by atoms with Gasteiger partial charge in [0.05, 0.1) is 19.7 Å². The molecule has 27 heavy (non-hydrogen) atoms. The molecule has 0 spiro atoms. The van der Waals surface area contributed by atoms with E-state index in [-0.39, 0.29) is 24.0 Å². The molecule has 7 heteroatoms. The van der Waals surface area contributed by atoms with E-state index < -0.39 is 0 Å². The molecule has 3 rings (SSSR count). The molecule has 1 aromatic heterocycles. The van der Waals surface area contributed by atoms with Gasteiger partial charge in [0.1, 0.15) is 11.5 Å². The number of aromatic amines is 1. The molecule has 3 N–H and O–H groups in total. The number of halogens is 1. The molecule has 0 bridgehead atoms. The third kappa shape index (κ3) is 6.19. The van der Waals surface area contributed by atoms with Crippen LogP contribution in [0.2, 0.25) is 0 Å².